The van der Waals surface area contributed by atoms with E-state index in [0.29, 0.717) is 23.7 Å². The molecule has 1 unspecified atom stereocenters. The number of benzene rings is 2. The standard InChI is InChI=1S/C20H26N2O5S2/c1-26-18-10-9-15(13-19(18)27-2)14-21-20(23)17(11-12-28-3)22-29(24,25)16-7-5-4-6-8-16/h4-10,13,17,22H,11-12,14H2,1-3H3,(H,21,23). The van der Waals surface area contributed by atoms with Crippen molar-refractivity contribution in [2.75, 3.05) is 26.2 Å². The van der Waals surface area contributed by atoms with E-state index >= 15 is 0 Å². The molecule has 158 valence electrons. The molecule has 2 rings (SSSR count). The van der Waals surface area contributed by atoms with E-state index in [4.69, 9.17) is 9.47 Å². The predicted octanol–water partition coefficient (Wildman–Crippen LogP) is 2.42. The molecule has 29 heavy (non-hydrogen) atoms. The van der Waals surface area contributed by atoms with Crippen LogP contribution in [0.3, 0.4) is 0 Å². The van der Waals surface area contributed by atoms with Gasteiger partial charge in [-0.1, -0.05) is 24.3 Å². The summed E-state index contributed by atoms with van der Waals surface area (Å²) in [7, 11) is -0.705. The molecule has 0 aliphatic heterocycles. The molecule has 1 atom stereocenters. The maximum absolute atomic E-state index is 12.7. The van der Waals surface area contributed by atoms with Crippen molar-refractivity contribution in [3.8, 4) is 11.5 Å². The van der Waals surface area contributed by atoms with Crippen LogP contribution >= 0.6 is 11.8 Å². The van der Waals surface area contributed by atoms with Gasteiger partial charge in [-0.3, -0.25) is 4.79 Å². The van der Waals surface area contributed by atoms with Gasteiger partial charge in [0.1, 0.15) is 6.04 Å². The number of carbonyl (C=O) groups is 1. The average Bonchev–Trinajstić information content (AvgIpc) is 2.75. The number of methoxy groups -OCH3 is 2. The number of thioether (sulfide) groups is 1. The lowest BCUT2D eigenvalue weighted by Gasteiger charge is -2.18. The van der Waals surface area contributed by atoms with Gasteiger partial charge >= 0.3 is 0 Å². The molecule has 0 aliphatic rings. The van der Waals surface area contributed by atoms with E-state index in [1.807, 2.05) is 12.3 Å². The van der Waals surface area contributed by atoms with Crippen molar-refractivity contribution in [1.29, 1.82) is 0 Å². The van der Waals surface area contributed by atoms with Crippen molar-refractivity contribution in [3.63, 3.8) is 0 Å². The lowest BCUT2D eigenvalue weighted by molar-refractivity contribution is -0.122. The number of ether oxygens (including phenoxy) is 2. The molecule has 9 heteroatoms. The van der Waals surface area contributed by atoms with Crippen LogP contribution in [0.15, 0.2) is 53.4 Å². The van der Waals surface area contributed by atoms with E-state index in [-0.39, 0.29) is 17.3 Å². The smallest absolute Gasteiger partial charge is 0.241 e. The zero-order chi connectivity index (χ0) is 21.3. The van der Waals surface area contributed by atoms with Crippen LogP contribution in [-0.4, -0.2) is 46.6 Å². The van der Waals surface area contributed by atoms with Gasteiger partial charge in [0, 0.05) is 6.54 Å². The van der Waals surface area contributed by atoms with Crippen LogP contribution in [0.5, 0.6) is 11.5 Å². The minimum atomic E-state index is -3.79. The number of rotatable bonds is 11. The van der Waals surface area contributed by atoms with E-state index in [1.165, 1.54) is 19.2 Å². The first-order chi connectivity index (χ1) is 13.9. The normalized spacial score (nSPS) is 12.2. The highest BCUT2D eigenvalue weighted by Crippen LogP contribution is 2.27. The van der Waals surface area contributed by atoms with Crippen molar-refractivity contribution in [2.24, 2.45) is 0 Å². The number of hydrogen-bond acceptors (Lipinski definition) is 6. The van der Waals surface area contributed by atoms with Gasteiger partial charge in [-0.2, -0.15) is 16.5 Å². The molecule has 0 saturated carbocycles. The summed E-state index contributed by atoms with van der Waals surface area (Å²) in [6.45, 7) is 0.238. The summed E-state index contributed by atoms with van der Waals surface area (Å²) in [6.07, 6.45) is 2.29. The number of nitrogens with one attached hydrogen (secondary N) is 2. The van der Waals surface area contributed by atoms with Crippen molar-refractivity contribution in [2.45, 2.75) is 23.9 Å². The van der Waals surface area contributed by atoms with Crippen molar-refractivity contribution in [3.05, 3.63) is 54.1 Å². The average molecular weight is 439 g/mol. The Morgan fingerprint density at radius 2 is 1.76 bits per heavy atom. The third-order valence-corrected chi connectivity index (χ3v) is 6.32. The van der Waals surface area contributed by atoms with E-state index in [2.05, 4.69) is 10.0 Å². The van der Waals surface area contributed by atoms with Gasteiger partial charge in [0.25, 0.3) is 0 Å². The monoisotopic (exact) mass is 438 g/mol. The van der Waals surface area contributed by atoms with Crippen LogP contribution < -0.4 is 19.5 Å². The quantitative estimate of drug-likeness (QED) is 0.560. The molecular weight excluding hydrogens is 412 g/mol. The molecule has 0 radical (unpaired) electrons. The Labute approximate surface area is 176 Å². The Morgan fingerprint density at radius 3 is 2.38 bits per heavy atom. The Kier molecular flexibility index (Phi) is 8.81. The van der Waals surface area contributed by atoms with Crippen molar-refractivity contribution < 1.29 is 22.7 Å². The van der Waals surface area contributed by atoms with E-state index in [1.54, 1.807) is 49.2 Å². The second-order valence-electron chi connectivity index (χ2n) is 6.18. The van der Waals surface area contributed by atoms with Gasteiger partial charge in [0.2, 0.25) is 15.9 Å². The van der Waals surface area contributed by atoms with Gasteiger partial charge in [-0.25, -0.2) is 8.42 Å². The summed E-state index contributed by atoms with van der Waals surface area (Å²) < 4.78 is 38.2. The third-order valence-electron chi connectivity index (χ3n) is 4.19. The SMILES string of the molecule is COc1ccc(CNC(=O)C(CCSC)NS(=O)(=O)c2ccccc2)cc1OC. The molecule has 0 heterocycles. The Bertz CT molecular complexity index is 904. The topological polar surface area (TPSA) is 93.7 Å². The maximum Gasteiger partial charge on any atom is 0.241 e. The summed E-state index contributed by atoms with van der Waals surface area (Å²) >= 11 is 1.55. The number of hydrogen-bond donors (Lipinski definition) is 2. The first kappa shape index (κ1) is 23.1. The fourth-order valence-electron chi connectivity index (χ4n) is 2.64. The predicted molar refractivity (Wildman–Crippen MR) is 115 cm³/mol. The molecule has 0 aromatic heterocycles. The zero-order valence-corrected chi connectivity index (χ0v) is 18.3. The Balaban J connectivity index is 2.09. The molecule has 7 nitrogen and oxygen atoms in total. The fraction of sp³-hybridized carbons (Fsp3) is 0.350. The summed E-state index contributed by atoms with van der Waals surface area (Å²) in [5.41, 5.74) is 0.811. The van der Waals surface area contributed by atoms with E-state index < -0.39 is 16.1 Å². The van der Waals surface area contributed by atoms with Crippen LogP contribution in [0.25, 0.3) is 0 Å². The largest absolute Gasteiger partial charge is 0.493 e. The first-order valence-electron chi connectivity index (χ1n) is 8.96. The van der Waals surface area contributed by atoms with Gasteiger partial charge in [-0.15, -0.1) is 0 Å². The molecule has 0 spiro atoms. The summed E-state index contributed by atoms with van der Waals surface area (Å²) in [5, 5.41) is 2.80. The first-order valence-corrected chi connectivity index (χ1v) is 11.8. The molecule has 2 N–H and O–H groups in total. The molecular formula is C20H26N2O5S2. The van der Waals surface area contributed by atoms with E-state index in [9.17, 15) is 13.2 Å². The van der Waals surface area contributed by atoms with Crippen LogP contribution in [0.2, 0.25) is 0 Å². The second kappa shape index (κ2) is 11.1. The molecule has 0 aliphatic carbocycles. The van der Waals surface area contributed by atoms with Crippen molar-refractivity contribution in [1.82, 2.24) is 10.0 Å². The summed E-state index contributed by atoms with van der Waals surface area (Å²) in [4.78, 5) is 12.8. The number of carbonyl (C=O) groups excluding carboxylic acids is 1. The minimum absolute atomic E-state index is 0.127. The van der Waals surface area contributed by atoms with Crippen LogP contribution in [0.1, 0.15) is 12.0 Å². The number of sulfonamides is 1. The van der Waals surface area contributed by atoms with Crippen LogP contribution in [0, 0.1) is 0 Å². The highest BCUT2D eigenvalue weighted by molar-refractivity contribution is 7.98. The molecule has 1 amide bonds. The Hall–Kier alpha value is -2.23. The van der Waals surface area contributed by atoms with Crippen molar-refractivity contribution >= 4 is 27.7 Å². The summed E-state index contributed by atoms with van der Waals surface area (Å²) in [6, 6.07) is 12.5. The molecule has 0 bridgehead atoms. The van der Waals surface area contributed by atoms with Crippen LogP contribution in [0.4, 0.5) is 0 Å². The Morgan fingerprint density at radius 1 is 1.07 bits per heavy atom. The molecule has 2 aromatic carbocycles. The summed E-state index contributed by atoms with van der Waals surface area (Å²) in [5.74, 6) is 1.42. The molecule has 2 aromatic rings. The van der Waals surface area contributed by atoms with Gasteiger partial charge in [-0.05, 0) is 48.3 Å². The fourth-order valence-corrected chi connectivity index (χ4v) is 4.36. The van der Waals surface area contributed by atoms with Gasteiger partial charge < -0.3 is 14.8 Å². The van der Waals surface area contributed by atoms with E-state index in [0.717, 1.165) is 5.56 Å². The maximum atomic E-state index is 12.7. The lowest BCUT2D eigenvalue weighted by atomic mass is 10.2. The molecule has 0 fully saturated rings. The lowest BCUT2D eigenvalue weighted by Crippen LogP contribution is -2.46. The highest BCUT2D eigenvalue weighted by atomic mass is 32.2. The second-order valence-corrected chi connectivity index (χ2v) is 8.88. The van der Waals surface area contributed by atoms with Crippen LogP contribution in [-0.2, 0) is 21.4 Å². The minimum Gasteiger partial charge on any atom is -0.493 e. The molecule has 0 saturated heterocycles. The third kappa shape index (κ3) is 6.66. The van der Waals surface area contributed by atoms with Gasteiger partial charge in [0.05, 0.1) is 19.1 Å². The van der Waals surface area contributed by atoms with Gasteiger partial charge in [0.15, 0.2) is 11.5 Å². The number of amides is 1. The zero-order valence-electron chi connectivity index (χ0n) is 16.7. The highest BCUT2D eigenvalue weighted by Gasteiger charge is 2.25.